The van der Waals surface area contributed by atoms with Gasteiger partial charge >= 0.3 is 5.97 Å². The zero-order valence-electron chi connectivity index (χ0n) is 7.06. The van der Waals surface area contributed by atoms with Crippen molar-refractivity contribution in [3.8, 4) is 0 Å². The molecular formula is C8H9NO3S. The maximum absolute atomic E-state index is 11.0. The van der Waals surface area contributed by atoms with E-state index >= 15 is 0 Å². The summed E-state index contributed by atoms with van der Waals surface area (Å²) >= 11 is 1.53. The summed E-state index contributed by atoms with van der Waals surface area (Å²) in [6.07, 6.45) is 2.01. The van der Waals surface area contributed by atoms with Gasteiger partial charge in [-0.1, -0.05) is 0 Å². The molecule has 0 aromatic rings. The van der Waals surface area contributed by atoms with Crippen molar-refractivity contribution in [1.29, 1.82) is 0 Å². The van der Waals surface area contributed by atoms with Crippen LogP contribution in [0.25, 0.3) is 0 Å². The van der Waals surface area contributed by atoms with Gasteiger partial charge in [0, 0.05) is 11.4 Å². The molecule has 0 saturated carbocycles. The molecule has 0 aromatic carbocycles. The number of β-lactam (4-membered cyclic amide) rings is 1. The largest absolute Gasteiger partial charge is 0.478 e. The van der Waals surface area contributed by atoms with Gasteiger partial charge in [-0.15, -0.1) is 11.8 Å². The molecule has 1 saturated heterocycles. The normalized spacial score (nSPS) is 31.9. The molecule has 0 aliphatic carbocycles. The lowest BCUT2D eigenvalue weighted by molar-refractivity contribution is -0.138. The average Bonchev–Trinajstić information content (AvgIpc) is 2.02. The average molecular weight is 199 g/mol. The van der Waals surface area contributed by atoms with Crippen molar-refractivity contribution in [3.05, 3.63) is 11.8 Å². The summed E-state index contributed by atoms with van der Waals surface area (Å²) in [7, 11) is 0. The second-order valence-electron chi connectivity index (χ2n) is 3.13. The molecule has 0 radical (unpaired) electrons. The van der Waals surface area contributed by atoms with Gasteiger partial charge in [0.15, 0.2) is 0 Å². The Morgan fingerprint density at radius 2 is 2.46 bits per heavy atom. The van der Waals surface area contributed by atoms with Gasteiger partial charge in [0.05, 0.1) is 17.4 Å². The van der Waals surface area contributed by atoms with E-state index in [1.54, 1.807) is 0 Å². The summed E-state index contributed by atoms with van der Waals surface area (Å²) in [5, 5.41) is 8.95. The highest BCUT2D eigenvalue weighted by Gasteiger charge is 2.41. The van der Waals surface area contributed by atoms with Crippen LogP contribution < -0.4 is 0 Å². The molecule has 13 heavy (non-hydrogen) atoms. The number of amides is 1. The molecule has 1 fully saturated rings. The molecule has 0 aromatic heterocycles. The van der Waals surface area contributed by atoms with Crippen LogP contribution in [-0.2, 0) is 9.59 Å². The lowest BCUT2D eigenvalue weighted by atomic mass is 10.1. The summed E-state index contributed by atoms with van der Waals surface area (Å²) in [6.45, 7) is 1.85. The zero-order chi connectivity index (χ0) is 9.59. The van der Waals surface area contributed by atoms with Gasteiger partial charge in [0.2, 0.25) is 5.91 Å². The van der Waals surface area contributed by atoms with Crippen molar-refractivity contribution in [2.24, 2.45) is 0 Å². The minimum absolute atomic E-state index is 0.0168. The van der Waals surface area contributed by atoms with Crippen LogP contribution in [-0.4, -0.2) is 32.5 Å². The number of rotatable bonds is 1. The van der Waals surface area contributed by atoms with Crippen LogP contribution in [0.5, 0.6) is 0 Å². The van der Waals surface area contributed by atoms with Crippen molar-refractivity contribution in [2.75, 3.05) is 0 Å². The number of nitrogens with zero attached hydrogens (tertiary/aromatic N) is 1. The van der Waals surface area contributed by atoms with Gasteiger partial charge in [-0.3, -0.25) is 4.79 Å². The summed E-state index contributed by atoms with van der Waals surface area (Å²) in [5.74, 6) is -0.915. The maximum atomic E-state index is 11.0. The van der Waals surface area contributed by atoms with Gasteiger partial charge in [0.1, 0.15) is 0 Å². The Morgan fingerprint density at radius 3 is 3.00 bits per heavy atom. The van der Waals surface area contributed by atoms with Crippen molar-refractivity contribution in [2.45, 2.75) is 24.0 Å². The number of carboxylic acids is 1. The Bertz CT molecular complexity index is 313. The number of hydrogen-bond acceptors (Lipinski definition) is 3. The Hall–Kier alpha value is -0.970. The van der Waals surface area contributed by atoms with E-state index in [0.717, 1.165) is 0 Å². The molecule has 2 rings (SSSR count). The lowest BCUT2D eigenvalue weighted by Gasteiger charge is -2.42. The number of carbonyl (C=O) groups excluding carboxylic acids is 1. The molecule has 70 valence electrons. The van der Waals surface area contributed by atoms with E-state index in [2.05, 4.69) is 0 Å². The number of thioether (sulfide) groups is 1. The first kappa shape index (κ1) is 8.62. The van der Waals surface area contributed by atoms with Crippen LogP contribution in [0.2, 0.25) is 0 Å². The van der Waals surface area contributed by atoms with E-state index in [0.29, 0.717) is 12.0 Å². The van der Waals surface area contributed by atoms with Crippen molar-refractivity contribution >= 4 is 23.6 Å². The highest BCUT2D eigenvalue weighted by Crippen LogP contribution is 2.39. The monoisotopic (exact) mass is 199 g/mol. The highest BCUT2D eigenvalue weighted by molar-refractivity contribution is 8.00. The summed E-state index contributed by atoms with van der Waals surface area (Å²) in [4.78, 5) is 23.3. The predicted molar refractivity (Wildman–Crippen MR) is 48.0 cm³/mol. The number of fused-ring (bicyclic) bond motifs is 1. The molecule has 2 aliphatic rings. The number of carboxylic acid groups (broad SMARTS) is 1. The van der Waals surface area contributed by atoms with Crippen LogP contribution in [0, 0.1) is 0 Å². The molecule has 1 N–H and O–H groups in total. The fraction of sp³-hybridized carbons (Fsp3) is 0.500. The highest BCUT2D eigenvalue weighted by atomic mass is 32.2. The van der Waals surface area contributed by atoms with Gasteiger partial charge < -0.3 is 10.0 Å². The molecule has 1 amide bonds. The minimum Gasteiger partial charge on any atom is -0.478 e. The first-order valence-electron chi connectivity index (χ1n) is 4.01. The van der Waals surface area contributed by atoms with E-state index < -0.39 is 5.97 Å². The third-order valence-electron chi connectivity index (χ3n) is 2.27. The Balaban J connectivity index is 2.26. The quantitative estimate of drug-likeness (QED) is 0.630. The van der Waals surface area contributed by atoms with Gasteiger partial charge in [-0.2, -0.15) is 0 Å². The summed E-state index contributed by atoms with van der Waals surface area (Å²) in [5.41, 5.74) is 0.314. The van der Waals surface area contributed by atoms with Crippen molar-refractivity contribution in [1.82, 2.24) is 4.90 Å². The van der Waals surface area contributed by atoms with Gasteiger partial charge in [-0.05, 0) is 6.92 Å². The molecule has 2 heterocycles. The van der Waals surface area contributed by atoms with Crippen LogP contribution in [0.1, 0.15) is 13.3 Å². The molecule has 0 bridgehead atoms. The van der Waals surface area contributed by atoms with Crippen molar-refractivity contribution < 1.29 is 14.7 Å². The topological polar surface area (TPSA) is 57.6 Å². The zero-order valence-corrected chi connectivity index (χ0v) is 7.87. The van der Waals surface area contributed by atoms with Crippen molar-refractivity contribution in [3.63, 3.8) is 0 Å². The summed E-state index contributed by atoms with van der Waals surface area (Å²) in [6, 6.07) is 0. The molecule has 1 unspecified atom stereocenters. The molecule has 4 nitrogen and oxygen atoms in total. The smallest absolute Gasteiger partial charge is 0.334 e. The number of hydrogen-bond donors (Lipinski definition) is 1. The SMILES string of the molecule is CC1S[C@H]2CC(=O)N2C=C1C(=O)O. The molecule has 5 heteroatoms. The first-order valence-corrected chi connectivity index (χ1v) is 4.95. The maximum Gasteiger partial charge on any atom is 0.334 e. The fourth-order valence-electron chi connectivity index (χ4n) is 1.46. The Morgan fingerprint density at radius 1 is 1.77 bits per heavy atom. The number of carbonyl (C=O) groups is 2. The number of aliphatic carboxylic acids is 1. The first-order chi connectivity index (χ1) is 6.09. The van der Waals surface area contributed by atoms with Crippen LogP contribution in [0.15, 0.2) is 11.8 Å². The van der Waals surface area contributed by atoms with E-state index in [-0.39, 0.29) is 16.5 Å². The van der Waals surface area contributed by atoms with E-state index in [4.69, 9.17) is 5.11 Å². The Kier molecular flexibility index (Phi) is 1.83. The minimum atomic E-state index is -0.932. The molecule has 0 spiro atoms. The van der Waals surface area contributed by atoms with E-state index in [9.17, 15) is 9.59 Å². The van der Waals surface area contributed by atoms with E-state index in [1.165, 1.54) is 22.9 Å². The predicted octanol–water partition coefficient (Wildman–Crippen LogP) is 0.649. The fourth-order valence-corrected chi connectivity index (χ4v) is 2.79. The third-order valence-corrected chi connectivity index (χ3v) is 3.64. The second kappa shape index (κ2) is 2.77. The van der Waals surface area contributed by atoms with Gasteiger partial charge in [0.25, 0.3) is 0 Å². The van der Waals surface area contributed by atoms with Crippen LogP contribution in [0.4, 0.5) is 0 Å². The van der Waals surface area contributed by atoms with Crippen LogP contribution in [0.3, 0.4) is 0 Å². The third kappa shape index (κ3) is 1.23. The molecule has 2 aliphatic heterocycles. The Labute approximate surface area is 79.6 Å². The molecular weight excluding hydrogens is 190 g/mol. The van der Waals surface area contributed by atoms with Gasteiger partial charge in [-0.25, -0.2) is 4.79 Å². The summed E-state index contributed by atoms with van der Waals surface area (Å²) < 4.78 is 0. The second-order valence-corrected chi connectivity index (χ2v) is 4.65. The van der Waals surface area contributed by atoms with E-state index in [1.807, 2.05) is 6.92 Å². The standard InChI is InChI=1S/C8H9NO3S/c1-4-5(8(11)12)3-9-6(10)2-7(9)13-4/h3-4,7H,2H2,1H3,(H,11,12)/t4?,7-/m0/s1. The molecule has 2 atom stereocenters. The lowest BCUT2D eigenvalue weighted by Crippen LogP contribution is -2.50. The van der Waals surface area contributed by atoms with Crippen LogP contribution >= 0.6 is 11.8 Å².